The number of carbonyl (C=O) groups is 1. The molecule has 6 heteroatoms. The Bertz CT molecular complexity index is 872. The van der Waals surface area contributed by atoms with Gasteiger partial charge in [-0.3, -0.25) is 0 Å². The van der Waals surface area contributed by atoms with E-state index in [2.05, 4.69) is 0 Å². The van der Waals surface area contributed by atoms with Crippen LogP contribution in [-0.4, -0.2) is 23.1 Å². The molecule has 0 aromatic heterocycles. The fourth-order valence-electron chi connectivity index (χ4n) is 4.01. The van der Waals surface area contributed by atoms with Crippen LogP contribution in [0.5, 0.6) is 0 Å². The van der Waals surface area contributed by atoms with Gasteiger partial charge in [0.2, 0.25) is 0 Å². The largest absolute Gasteiger partial charge is 0.444 e. The highest BCUT2D eigenvalue weighted by atomic mass is 19.4. The lowest BCUT2D eigenvalue weighted by molar-refractivity contribution is -0.138. The zero-order valence-corrected chi connectivity index (χ0v) is 17.6. The van der Waals surface area contributed by atoms with Crippen molar-refractivity contribution in [3.8, 4) is 0 Å². The highest BCUT2D eigenvalue weighted by Crippen LogP contribution is 2.41. The number of alkyl halides is 3. The van der Waals surface area contributed by atoms with Gasteiger partial charge >= 0.3 is 12.3 Å². The first-order valence-electron chi connectivity index (χ1n) is 10.3. The summed E-state index contributed by atoms with van der Waals surface area (Å²) < 4.78 is 46.2. The van der Waals surface area contributed by atoms with Gasteiger partial charge in [0.05, 0.1) is 11.6 Å². The zero-order valence-electron chi connectivity index (χ0n) is 17.6. The number of fused-ring (bicyclic) bond motifs is 1. The van der Waals surface area contributed by atoms with Crippen molar-refractivity contribution < 1.29 is 22.7 Å². The lowest BCUT2D eigenvalue weighted by Crippen LogP contribution is -2.43. The standard InChI is InChI=1S/C24H28F3NO2/c1-23(2,3)30-22(29)28-16-15-18-19(12-8-13-20(18)24(25,26)27)21(28)14-7-11-17-9-5-4-6-10-17/h4-6,8-10,12-13,21H,7,11,14-16H2,1-3H3. The Labute approximate surface area is 175 Å². The average Bonchev–Trinajstić information content (AvgIpc) is 2.66. The average molecular weight is 419 g/mol. The molecule has 0 aliphatic carbocycles. The zero-order chi connectivity index (χ0) is 21.9. The number of rotatable bonds is 4. The Morgan fingerprint density at radius 3 is 2.40 bits per heavy atom. The normalized spacial score (nSPS) is 16.9. The molecule has 0 fully saturated rings. The van der Waals surface area contributed by atoms with Gasteiger partial charge in [-0.15, -0.1) is 0 Å². The number of nitrogens with zero attached hydrogens (tertiary/aromatic N) is 1. The number of benzene rings is 2. The van der Waals surface area contributed by atoms with E-state index < -0.39 is 29.5 Å². The number of carbonyl (C=O) groups excluding carboxylic acids is 1. The molecule has 162 valence electrons. The minimum Gasteiger partial charge on any atom is -0.444 e. The van der Waals surface area contributed by atoms with E-state index in [4.69, 9.17) is 4.74 Å². The van der Waals surface area contributed by atoms with E-state index in [0.717, 1.165) is 18.9 Å². The third kappa shape index (κ3) is 5.35. The van der Waals surface area contributed by atoms with Gasteiger partial charge in [-0.1, -0.05) is 42.5 Å². The maximum absolute atomic E-state index is 13.5. The highest BCUT2D eigenvalue weighted by molar-refractivity contribution is 5.69. The minimum absolute atomic E-state index is 0.166. The predicted octanol–water partition coefficient (Wildman–Crippen LogP) is 6.56. The van der Waals surface area contributed by atoms with Crippen molar-refractivity contribution in [3.05, 3.63) is 70.8 Å². The molecule has 1 atom stereocenters. The topological polar surface area (TPSA) is 29.5 Å². The molecule has 1 unspecified atom stereocenters. The van der Waals surface area contributed by atoms with Crippen molar-refractivity contribution in [1.82, 2.24) is 4.90 Å². The number of ether oxygens (including phenoxy) is 1. The molecule has 1 amide bonds. The maximum atomic E-state index is 13.5. The molecule has 0 radical (unpaired) electrons. The molecule has 0 saturated carbocycles. The van der Waals surface area contributed by atoms with E-state index in [-0.39, 0.29) is 13.0 Å². The molecule has 0 bridgehead atoms. The van der Waals surface area contributed by atoms with E-state index in [1.807, 2.05) is 30.3 Å². The van der Waals surface area contributed by atoms with Crippen LogP contribution >= 0.6 is 0 Å². The van der Waals surface area contributed by atoms with Gasteiger partial charge < -0.3 is 9.64 Å². The third-order valence-electron chi connectivity index (χ3n) is 5.27. The molecule has 1 aliphatic rings. The quantitative estimate of drug-likeness (QED) is 0.561. The summed E-state index contributed by atoms with van der Waals surface area (Å²) in [4.78, 5) is 14.4. The molecule has 30 heavy (non-hydrogen) atoms. The molecule has 2 aromatic carbocycles. The van der Waals surface area contributed by atoms with Gasteiger partial charge in [0.1, 0.15) is 5.60 Å². The van der Waals surface area contributed by atoms with E-state index in [0.29, 0.717) is 17.5 Å². The number of amides is 1. The number of hydrogen-bond donors (Lipinski definition) is 0. The van der Waals surface area contributed by atoms with Crippen LogP contribution in [-0.2, 0) is 23.8 Å². The number of hydrogen-bond acceptors (Lipinski definition) is 2. The Balaban J connectivity index is 1.88. The van der Waals surface area contributed by atoms with Crippen LogP contribution in [0.3, 0.4) is 0 Å². The molecular weight excluding hydrogens is 391 g/mol. The van der Waals surface area contributed by atoms with Gasteiger partial charge in [-0.25, -0.2) is 4.79 Å². The molecule has 3 rings (SSSR count). The molecule has 0 N–H and O–H groups in total. The predicted molar refractivity (Wildman–Crippen MR) is 110 cm³/mol. The molecular formula is C24H28F3NO2. The lowest BCUT2D eigenvalue weighted by atomic mass is 9.86. The van der Waals surface area contributed by atoms with Crippen LogP contribution in [0, 0.1) is 0 Å². The first-order chi connectivity index (χ1) is 14.1. The Hall–Kier alpha value is -2.50. The fraction of sp³-hybridized carbons (Fsp3) is 0.458. The van der Waals surface area contributed by atoms with Gasteiger partial charge in [-0.2, -0.15) is 13.2 Å². The second kappa shape index (κ2) is 8.70. The van der Waals surface area contributed by atoms with Gasteiger partial charge in [0, 0.05) is 6.54 Å². The lowest BCUT2D eigenvalue weighted by Gasteiger charge is -2.39. The van der Waals surface area contributed by atoms with Crippen molar-refractivity contribution in [3.63, 3.8) is 0 Å². The Kier molecular flexibility index (Phi) is 6.44. The number of aryl methyl sites for hydroxylation is 1. The van der Waals surface area contributed by atoms with E-state index in [9.17, 15) is 18.0 Å². The third-order valence-corrected chi connectivity index (χ3v) is 5.27. The second-order valence-electron chi connectivity index (χ2n) is 8.69. The van der Waals surface area contributed by atoms with Crippen LogP contribution in [0.15, 0.2) is 48.5 Å². The first kappa shape index (κ1) is 22.2. The van der Waals surface area contributed by atoms with E-state index >= 15 is 0 Å². The van der Waals surface area contributed by atoms with Crippen molar-refractivity contribution in [2.75, 3.05) is 6.54 Å². The van der Waals surface area contributed by atoms with Crippen molar-refractivity contribution in [2.45, 2.75) is 64.3 Å². The number of halogens is 3. The molecule has 2 aromatic rings. The molecule has 1 aliphatic heterocycles. The SMILES string of the molecule is CC(C)(C)OC(=O)N1CCc2c(cccc2C(F)(F)F)C1CCCc1ccccc1. The monoisotopic (exact) mass is 419 g/mol. The van der Waals surface area contributed by atoms with Crippen LogP contribution in [0.25, 0.3) is 0 Å². The van der Waals surface area contributed by atoms with Crippen LogP contribution in [0.1, 0.15) is 61.9 Å². The highest BCUT2D eigenvalue weighted by Gasteiger charge is 2.39. The summed E-state index contributed by atoms with van der Waals surface area (Å²) in [6.07, 6.45) is -2.59. The molecule has 0 spiro atoms. The van der Waals surface area contributed by atoms with Crippen LogP contribution in [0.2, 0.25) is 0 Å². The summed E-state index contributed by atoms with van der Waals surface area (Å²) in [7, 11) is 0. The van der Waals surface area contributed by atoms with Gasteiger partial charge in [-0.05, 0) is 69.2 Å². The van der Waals surface area contributed by atoms with Crippen molar-refractivity contribution >= 4 is 6.09 Å². The van der Waals surface area contributed by atoms with Gasteiger partial charge in [0.25, 0.3) is 0 Å². The van der Waals surface area contributed by atoms with Crippen molar-refractivity contribution in [1.29, 1.82) is 0 Å². The molecule has 1 heterocycles. The summed E-state index contributed by atoms with van der Waals surface area (Å²) in [5.41, 5.74) is 0.780. The van der Waals surface area contributed by atoms with Crippen molar-refractivity contribution in [2.24, 2.45) is 0 Å². The Morgan fingerprint density at radius 2 is 1.77 bits per heavy atom. The molecule has 3 nitrogen and oxygen atoms in total. The summed E-state index contributed by atoms with van der Waals surface area (Å²) in [5, 5.41) is 0. The Morgan fingerprint density at radius 1 is 1.07 bits per heavy atom. The second-order valence-corrected chi connectivity index (χ2v) is 8.69. The maximum Gasteiger partial charge on any atom is 0.416 e. The van der Waals surface area contributed by atoms with Gasteiger partial charge in [0.15, 0.2) is 0 Å². The van der Waals surface area contributed by atoms with Crippen LogP contribution in [0.4, 0.5) is 18.0 Å². The first-order valence-corrected chi connectivity index (χ1v) is 10.3. The summed E-state index contributed by atoms with van der Waals surface area (Å²) in [6.45, 7) is 5.57. The van der Waals surface area contributed by atoms with Crippen LogP contribution < -0.4 is 0 Å². The summed E-state index contributed by atoms with van der Waals surface area (Å²) in [5.74, 6) is 0. The smallest absolute Gasteiger partial charge is 0.416 e. The summed E-state index contributed by atoms with van der Waals surface area (Å²) in [6, 6.07) is 13.8. The summed E-state index contributed by atoms with van der Waals surface area (Å²) >= 11 is 0. The van der Waals surface area contributed by atoms with E-state index in [1.54, 1.807) is 31.7 Å². The van der Waals surface area contributed by atoms with E-state index in [1.165, 1.54) is 11.6 Å². The molecule has 0 saturated heterocycles. The fourth-order valence-corrected chi connectivity index (χ4v) is 4.01. The minimum atomic E-state index is -4.41.